The van der Waals surface area contributed by atoms with Gasteiger partial charge in [-0.05, 0) is 55.9 Å². The molecule has 0 spiro atoms. The van der Waals surface area contributed by atoms with E-state index in [1.807, 2.05) is 12.1 Å². The molecule has 23 heavy (non-hydrogen) atoms. The van der Waals surface area contributed by atoms with Crippen molar-refractivity contribution >= 4 is 17.9 Å². The quantitative estimate of drug-likeness (QED) is 0.626. The van der Waals surface area contributed by atoms with E-state index in [9.17, 15) is 9.59 Å². The Morgan fingerprint density at radius 3 is 2.61 bits per heavy atom. The molecule has 0 unspecified atom stereocenters. The van der Waals surface area contributed by atoms with Crippen LogP contribution in [0, 0.1) is 0 Å². The molecule has 0 bridgehead atoms. The third kappa shape index (κ3) is 5.74. The van der Waals surface area contributed by atoms with Gasteiger partial charge in [0.15, 0.2) is 0 Å². The predicted molar refractivity (Wildman–Crippen MR) is 93.0 cm³/mol. The molecule has 0 aliphatic heterocycles. The SMILES string of the molecule is CNC(=O)c1ccc(/C=C/C(=O)NCCC2=CCCCC2)cc1. The van der Waals surface area contributed by atoms with E-state index in [0.717, 1.165) is 12.0 Å². The van der Waals surface area contributed by atoms with Crippen LogP contribution in [0.25, 0.3) is 6.08 Å². The van der Waals surface area contributed by atoms with Crippen molar-refractivity contribution in [2.24, 2.45) is 0 Å². The highest BCUT2D eigenvalue weighted by atomic mass is 16.2. The van der Waals surface area contributed by atoms with Crippen molar-refractivity contribution < 1.29 is 9.59 Å². The van der Waals surface area contributed by atoms with E-state index in [4.69, 9.17) is 0 Å². The first kappa shape index (κ1) is 17.0. The number of carbonyl (C=O) groups excluding carboxylic acids is 2. The summed E-state index contributed by atoms with van der Waals surface area (Å²) in [5, 5.41) is 5.48. The van der Waals surface area contributed by atoms with E-state index in [0.29, 0.717) is 12.1 Å². The van der Waals surface area contributed by atoms with Crippen molar-refractivity contribution in [3.63, 3.8) is 0 Å². The second-order valence-electron chi connectivity index (χ2n) is 5.68. The number of benzene rings is 1. The molecule has 1 aliphatic rings. The summed E-state index contributed by atoms with van der Waals surface area (Å²) in [6.07, 6.45) is 11.4. The highest BCUT2D eigenvalue weighted by Gasteiger charge is 2.04. The molecule has 122 valence electrons. The molecule has 4 heteroatoms. The van der Waals surface area contributed by atoms with Crippen LogP contribution in [-0.2, 0) is 4.79 Å². The Morgan fingerprint density at radius 1 is 1.17 bits per heavy atom. The average Bonchev–Trinajstić information content (AvgIpc) is 2.60. The van der Waals surface area contributed by atoms with E-state index in [1.54, 1.807) is 25.3 Å². The van der Waals surface area contributed by atoms with E-state index in [2.05, 4.69) is 16.7 Å². The highest BCUT2D eigenvalue weighted by Crippen LogP contribution is 2.19. The summed E-state index contributed by atoms with van der Waals surface area (Å²) in [6.45, 7) is 0.685. The van der Waals surface area contributed by atoms with Gasteiger partial charge in [-0.25, -0.2) is 0 Å². The zero-order chi connectivity index (χ0) is 16.5. The fourth-order valence-corrected chi connectivity index (χ4v) is 2.60. The minimum absolute atomic E-state index is 0.0863. The van der Waals surface area contributed by atoms with Crippen LogP contribution in [-0.4, -0.2) is 25.4 Å². The van der Waals surface area contributed by atoms with Gasteiger partial charge in [0.25, 0.3) is 5.91 Å². The zero-order valence-electron chi connectivity index (χ0n) is 13.6. The Kier molecular flexibility index (Phi) is 6.60. The molecule has 2 rings (SSSR count). The van der Waals surface area contributed by atoms with Gasteiger partial charge in [0, 0.05) is 25.2 Å². The number of amides is 2. The largest absolute Gasteiger partial charge is 0.355 e. The van der Waals surface area contributed by atoms with Gasteiger partial charge in [-0.15, -0.1) is 0 Å². The van der Waals surface area contributed by atoms with Gasteiger partial charge in [0.2, 0.25) is 5.91 Å². The van der Waals surface area contributed by atoms with Gasteiger partial charge in [0.1, 0.15) is 0 Å². The van der Waals surface area contributed by atoms with Gasteiger partial charge in [-0.3, -0.25) is 9.59 Å². The van der Waals surface area contributed by atoms with Gasteiger partial charge >= 0.3 is 0 Å². The lowest BCUT2D eigenvalue weighted by molar-refractivity contribution is -0.116. The van der Waals surface area contributed by atoms with Crippen LogP contribution >= 0.6 is 0 Å². The van der Waals surface area contributed by atoms with Gasteiger partial charge in [-0.1, -0.05) is 23.8 Å². The molecule has 1 aromatic rings. The number of rotatable bonds is 6. The van der Waals surface area contributed by atoms with Crippen molar-refractivity contribution in [1.29, 1.82) is 0 Å². The summed E-state index contributed by atoms with van der Waals surface area (Å²) in [5.74, 6) is -0.202. The van der Waals surface area contributed by atoms with Crippen LogP contribution in [0.4, 0.5) is 0 Å². The first-order valence-electron chi connectivity index (χ1n) is 8.15. The Labute approximate surface area is 137 Å². The molecular weight excluding hydrogens is 288 g/mol. The van der Waals surface area contributed by atoms with Gasteiger partial charge < -0.3 is 10.6 Å². The third-order valence-corrected chi connectivity index (χ3v) is 3.96. The molecule has 2 amide bonds. The van der Waals surface area contributed by atoms with Crippen molar-refractivity contribution in [1.82, 2.24) is 10.6 Å². The number of hydrogen-bond acceptors (Lipinski definition) is 2. The predicted octanol–water partition coefficient (Wildman–Crippen LogP) is 3.07. The molecule has 0 saturated heterocycles. The summed E-state index contributed by atoms with van der Waals surface area (Å²) in [4.78, 5) is 23.2. The number of nitrogens with one attached hydrogen (secondary N) is 2. The minimum Gasteiger partial charge on any atom is -0.355 e. The lowest BCUT2D eigenvalue weighted by Gasteiger charge is -2.12. The topological polar surface area (TPSA) is 58.2 Å². The number of allylic oxidation sites excluding steroid dienone is 1. The fraction of sp³-hybridized carbons (Fsp3) is 0.368. The van der Waals surface area contributed by atoms with Crippen LogP contribution in [0.2, 0.25) is 0 Å². The molecule has 1 aliphatic carbocycles. The Hall–Kier alpha value is -2.36. The lowest BCUT2D eigenvalue weighted by atomic mass is 9.97. The first-order valence-corrected chi connectivity index (χ1v) is 8.15. The third-order valence-electron chi connectivity index (χ3n) is 3.96. The zero-order valence-corrected chi connectivity index (χ0v) is 13.6. The van der Waals surface area contributed by atoms with E-state index in [-0.39, 0.29) is 11.8 Å². The summed E-state index contributed by atoms with van der Waals surface area (Å²) in [7, 11) is 1.60. The van der Waals surface area contributed by atoms with Gasteiger partial charge in [-0.2, -0.15) is 0 Å². The van der Waals surface area contributed by atoms with Crippen molar-refractivity contribution in [3.8, 4) is 0 Å². The fourth-order valence-electron chi connectivity index (χ4n) is 2.60. The second kappa shape index (κ2) is 8.93. The minimum atomic E-state index is -0.115. The molecule has 0 aromatic heterocycles. The molecule has 0 fully saturated rings. The van der Waals surface area contributed by atoms with Crippen LogP contribution < -0.4 is 10.6 Å². The highest BCUT2D eigenvalue weighted by molar-refractivity contribution is 5.94. The summed E-state index contributed by atoms with van der Waals surface area (Å²) in [5.41, 5.74) is 2.96. The van der Waals surface area contributed by atoms with Crippen LogP contribution in [0.15, 0.2) is 42.0 Å². The maximum atomic E-state index is 11.8. The van der Waals surface area contributed by atoms with Crippen molar-refractivity contribution in [2.45, 2.75) is 32.1 Å². The lowest BCUT2D eigenvalue weighted by Crippen LogP contribution is -2.22. The van der Waals surface area contributed by atoms with Crippen molar-refractivity contribution in [3.05, 3.63) is 53.1 Å². The first-order chi connectivity index (χ1) is 11.2. The van der Waals surface area contributed by atoms with Crippen molar-refractivity contribution in [2.75, 3.05) is 13.6 Å². The molecule has 4 nitrogen and oxygen atoms in total. The maximum Gasteiger partial charge on any atom is 0.251 e. The van der Waals surface area contributed by atoms with Crippen LogP contribution in [0.3, 0.4) is 0 Å². The Bertz CT molecular complexity index is 600. The molecular formula is C19H24N2O2. The molecule has 0 radical (unpaired) electrons. The molecule has 0 heterocycles. The summed E-state index contributed by atoms with van der Waals surface area (Å²) in [6, 6.07) is 7.13. The average molecular weight is 312 g/mol. The summed E-state index contributed by atoms with van der Waals surface area (Å²) >= 11 is 0. The van der Waals surface area contributed by atoms with Crippen LogP contribution in [0.5, 0.6) is 0 Å². The Balaban J connectivity index is 1.76. The van der Waals surface area contributed by atoms with E-state index < -0.39 is 0 Å². The Morgan fingerprint density at radius 2 is 1.96 bits per heavy atom. The van der Waals surface area contributed by atoms with Crippen LogP contribution in [0.1, 0.15) is 48.0 Å². The number of hydrogen-bond donors (Lipinski definition) is 2. The summed E-state index contributed by atoms with van der Waals surface area (Å²) < 4.78 is 0. The molecule has 0 atom stereocenters. The standard InChI is InChI=1S/C19H24N2O2/c1-20-19(23)17-10-7-16(8-11-17)9-12-18(22)21-14-13-15-5-3-2-4-6-15/h5,7-12H,2-4,6,13-14H2,1H3,(H,20,23)(H,21,22)/b12-9+. The molecule has 0 saturated carbocycles. The molecule has 1 aromatic carbocycles. The van der Waals surface area contributed by atoms with E-state index >= 15 is 0 Å². The van der Waals surface area contributed by atoms with Gasteiger partial charge in [0.05, 0.1) is 0 Å². The van der Waals surface area contributed by atoms with E-state index in [1.165, 1.54) is 37.3 Å². The monoisotopic (exact) mass is 312 g/mol. The smallest absolute Gasteiger partial charge is 0.251 e. The number of carbonyl (C=O) groups is 2. The molecule has 2 N–H and O–H groups in total. The maximum absolute atomic E-state index is 11.8. The second-order valence-corrected chi connectivity index (χ2v) is 5.68. The normalized spacial score (nSPS) is 14.4.